The molecule has 0 amide bonds. The summed E-state index contributed by atoms with van der Waals surface area (Å²) in [5.41, 5.74) is 32.5. The van der Waals surface area contributed by atoms with Gasteiger partial charge in [0.05, 0.1) is 0 Å². The Morgan fingerprint density at radius 2 is 0.857 bits per heavy atom. The van der Waals surface area contributed by atoms with Crippen LogP contribution < -0.4 is 61.0 Å². The number of nitrogen functional groups attached to an aromatic ring is 5. The van der Waals surface area contributed by atoms with E-state index in [1.165, 1.54) is 28.9 Å². The zero-order valence-corrected chi connectivity index (χ0v) is 32.0. The molecular formula is C36H36N9O8P3. The first-order valence-corrected chi connectivity index (χ1v) is 21.0. The van der Waals surface area contributed by atoms with Crippen LogP contribution in [0.5, 0.6) is 34.5 Å². The predicted octanol–water partition coefficient (Wildman–Crippen LogP) is 8.68. The van der Waals surface area contributed by atoms with Crippen LogP contribution >= 0.6 is 24.1 Å². The Balaban J connectivity index is 1.56. The summed E-state index contributed by atoms with van der Waals surface area (Å²) in [6.07, 6.45) is 0. The third-order valence-electron chi connectivity index (χ3n) is 7.81. The first-order valence-electron chi connectivity index (χ1n) is 16.6. The summed E-state index contributed by atoms with van der Waals surface area (Å²) in [4.78, 5) is 21.4. The number of hydrogen-bond acceptors (Lipinski definition) is 16. The van der Waals surface area contributed by atoms with E-state index in [-0.39, 0.29) is 40.2 Å². The number of non-ortho nitro benzene ring substituents is 1. The van der Waals surface area contributed by atoms with E-state index in [1.807, 2.05) is 0 Å². The van der Waals surface area contributed by atoms with Crippen molar-refractivity contribution in [1.82, 2.24) is 9.46 Å². The fourth-order valence-corrected chi connectivity index (χ4v) is 14.5. The summed E-state index contributed by atoms with van der Waals surface area (Å²) >= 11 is 0. The van der Waals surface area contributed by atoms with Gasteiger partial charge in [0.2, 0.25) is 0 Å². The number of nitro groups is 1. The Labute approximate surface area is 322 Å². The van der Waals surface area contributed by atoms with Crippen molar-refractivity contribution in [3.05, 3.63) is 156 Å². The monoisotopic (exact) mass is 815 g/mol. The van der Waals surface area contributed by atoms with Gasteiger partial charge in [0.25, 0.3) is 0 Å². The predicted molar refractivity (Wildman–Crippen MR) is 221 cm³/mol. The van der Waals surface area contributed by atoms with E-state index >= 15 is 0 Å². The van der Waals surface area contributed by atoms with Crippen molar-refractivity contribution >= 4 is 58.3 Å². The molecule has 1 aliphatic rings. The zero-order chi connectivity index (χ0) is 39.4. The van der Waals surface area contributed by atoms with E-state index in [0.29, 0.717) is 28.4 Å². The van der Waals surface area contributed by atoms with Gasteiger partial charge < -0.3 is 0 Å². The van der Waals surface area contributed by atoms with Crippen molar-refractivity contribution in [2.75, 3.05) is 28.7 Å². The fraction of sp³-hybridized carbons (Fsp3) is 0. The number of hydrogen-bond donors (Lipinski definition) is 6. The van der Waals surface area contributed by atoms with Gasteiger partial charge in [-0.05, 0) is 0 Å². The molecule has 288 valence electrons. The maximum atomic E-state index is 11.7. The SMILES string of the molecule is Nc1ccc(ON2P(Oc3ccc(N)cc3)(Oc3ccc(N)cc3)=NPNP2(Oc2ccc(N)cc2)(Oc2ccc(N)cc2)Oc2ccc([N+](=O)[O-])cc2)cc1. The van der Waals surface area contributed by atoms with Gasteiger partial charge in [0, 0.05) is 0 Å². The van der Waals surface area contributed by atoms with Crippen molar-refractivity contribution in [3.63, 3.8) is 0 Å². The van der Waals surface area contributed by atoms with Gasteiger partial charge >= 0.3 is 323 Å². The van der Waals surface area contributed by atoms with Gasteiger partial charge in [-0.15, -0.1) is 0 Å². The molecule has 0 spiro atoms. The Hall–Kier alpha value is -6.47. The molecule has 1 heterocycles. The van der Waals surface area contributed by atoms with Crippen molar-refractivity contribution < 1.29 is 32.4 Å². The Morgan fingerprint density at radius 3 is 1.21 bits per heavy atom. The zero-order valence-electron chi connectivity index (χ0n) is 29.2. The second kappa shape index (κ2) is 15.3. The Kier molecular flexibility index (Phi) is 10.4. The molecule has 1 atom stereocenters. The van der Waals surface area contributed by atoms with Crippen LogP contribution in [0.15, 0.2) is 150 Å². The number of anilines is 5. The second-order valence-corrected chi connectivity index (χ2v) is 18.6. The van der Waals surface area contributed by atoms with E-state index in [0.717, 1.165) is 0 Å². The summed E-state index contributed by atoms with van der Waals surface area (Å²) in [5, 5.41) is 11.7. The van der Waals surface area contributed by atoms with Crippen molar-refractivity contribution in [2.24, 2.45) is 4.52 Å². The van der Waals surface area contributed by atoms with Crippen LogP contribution in [-0.4, -0.2) is 9.53 Å². The van der Waals surface area contributed by atoms with Gasteiger partial charge in [-0.1, -0.05) is 0 Å². The van der Waals surface area contributed by atoms with Crippen LogP contribution in [0, 0.1) is 10.1 Å². The molecule has 0 bridgehead atoms. The normalized spacial score (nSPS) is 16.5. The number of nitro benzene ring substituents is 1. The van der Waals surface area contributed by atoms with Crippen molar-refractivity contribution in [1.29, 1.82) is 0 Å². The number of nitrogens with zero attached hydrogens (tertiary/aromatic N) is 3. The van der Waals surface area contributed by atoms with Crippen LogP contribution in [0.1, 0.15) is 0 Å². The second-order valence-electron chi connectivity index (χ2n) is 12.1. The average molecular weight is 816 g/mol. The summed E-state index contributed by atoms with van der Waals surface area (Å²) < 4.78 is 41.1. The van der Waals surface area contributed by atoms with Crippen molar-refractivity contribution in [3.8, 4) is 34.5 Å². The molecule has 1 unspecified atom stereocenters. The molecule has 0 aliphatic carbocycles. The van der Waals surface area contributed by atoms with E-state index < -0.39 is 29.1 Å². The third-order valence-corrected chi connectivity index (χ3v) is 16.4. The quantitative estimate of drug-likeness (QED) is 0.0276. The van der Waals surface area contributed by atoms with Gasteiger partial charge in [-0.2, -0.15) is 0 Å². The summed E-state index contributed by atoms with van der Waals surface area (Å²) in [6.45, 7) is 0. The third kappa shape index (κ3) is 8.13. The first kappa shape index (κ1) is 37.8. The molecule has 17 nitrogen and oxygen atoms in total. The topological polar surface area (TPSA) is 256 Å². The summed E-state index contributed by atoms with van der Waals surface area (Å²) in [7, 11) is -10.4. The number of rotatable bonds is 13. The van der Waals surface area contributed by atoms with Gasteiger partial charge in [0.1, 0.15) is 0 Å². The molecule has 7 rings (SSSR count). The van der Waals surface area contributed by atoms with E-state index in [9.17, 15) is 10.1 Å². The summed E-state index contributed by atoms with van der Waals surface area (Å²) in [6, 6.07) is 37.9. The van der Waals surface area contributed by atoms with E-state index in [2.05, 4.69) is 4.86 Å². The van der Waals surface area contributed by atoms with Crippen LogP contribution in [0.25, 0.3) is 0 Å². The van der Waals surface area contributed by atoms with Gasteiger partial charge in [-0.25, -0.2) is 0 Å². The minimum absolute atomic E-state index is 0.0577. The molecule has 0 radical (unpaired) electrons. The molecule has 11 N–H and O–H groups in total. The molecule has 6 aromatic carbocycles. The minimum atomic E-state index is -5.62. The van der Waals surface area contributed by atoms with Crippen LogP contribution in [-0.2, 0) is 0 Å². The van der Waals surface area contributed by atoms with Crippen LogP contribution in [0.4, 0.5) is 34.1 Å². The summed E-state index contributed by atoms with van der Waals surface area (Å²) in [5.74, 6) is 1.19. The van der Waals surface area contributed by atoms with Gasteiger partial charge in [-0.3, -0.25) is 0 Å². The molecule has 1 aliphatic heterocycles. The molecule has 0 aromatic heterocycles. The average Bonchev–Trinajstić information content (AvgIpc) is 3.18. The number of nitrogens with one attached hydrogen (secondary N) is 1. The van der Waals surface area contributed by atoms with Gasteiger partial charge in [0.15, 0.2) is 0 Å². The number of nitrogens with two attached hydrogens (primary N) is 5. The molecule has 0 fully saturated rings. The van der Waals surface area contributed by atoms with Crippen LogP contribution in [0.3, 0.4) is 0 Å². The van der Waals surface area contributed by atoms with E-state index in [4.69, 9.17) is 60.6 Å². The Bertz CT molecular complexity index is 2280. The molecule has 0 saturated heterocycles. The standard InChI is InChI=1S/C36H36N9O8P3/c37-25-1-13-31(14-2-25)48-45-55(49-32-15-3-26(38)4-16-32,50-33-17-5-27(39)6-18-33)42-54-43-56(45,51-34-19-7-28(40)8-20-34,52-35-21-9-29(41)10-22-35)53-36-23-11-30(12-24-36)44(46)47/h1-24,43,54H,37-41H2. The molecule has 6 aromatic rings. The van der Waals surface area contributed by atoms with Crippen molar-refractivity contribution in [2.45, 2.75) is 0 Å². The molecule has 0 saturated carbocycles. The number of benzene rings is 6. The fourth-order valence-electron chi connectivity index (χ4n) is 5.12. The first-order chi connectivity index (χ1) is 26.9. The maximum absolute atomic E-state index is 11.7. The van der Waals surface area contributed by atoms with Crippen LogP contribution in [0.2, 0.25) is 0 Å². The molecular weight excluding hydrogens is 779 g/mol. The molecule has 20 heteroatoms. The molecule has 56 heavy (non-hydrogen) atoms. The van der Waals surface area contributed by atoms with E-state index in [1.54, 1.807) is 121 Å². The Morgan fingerprint density at radius 1 is 0.536 bits per heavy atom.